The largest absolute Gasteiger partial charge is 0.307 e. The van der Waals surface area contributed by atoms with Gasteiger partial charge in [-0.15, -0.1) is 10.2 Å². The van der Waals surface area contributed by atoms with Crippen molar-refractivity contribution in [2.75, 3.05) is 0 Å². The maximum Gasteiger partial charge on any atom is 0.273 e. The molecule has 1 fully saturated rings. The molecule has 6 nitrogen and oxygen atoms in total. The fraction of sp³-hybridized carbons (Fsp3) is 0.333. The van der Waals surface area contributed by atoms with Gasteiger partial charge in [0.1, 0.15) is 11.6 Å². The smallest absolute Gasteiger partial charge is 0.273 e. The normalized spacial score (nSPS) is 14.5. The number of halogens is 2. The summed E-state index contributed by atoms with van der Waals surface area (Å²) in [4.78, 5) is 10.2. The third-order valence-electron chi connectivity index (χ3n) is 3.15. The Morgan fingerprint density at radius 2 is 2.15 bits per heavy atom. The lowest BCUT2D eigenvalue weighted by molar-refractivity contribution is -0.385. The van der Waals surface area contributed by atoms with Gasteiger partial charge in [0, 0.05) is 17.7 Å². The number of hydrogen-bond donors (Lipinski definition) is 0. The second-order valence-corrected chi connectivity index (χ2v) is 5.19. The summed E-state index contributed by atoms with van der Waals surface area (Å²) in [6.07, 6.45) is 2.03. The van der Waals surface area contributed by atoms with Gasteiger partial charge in [0.05, 0.1) is 16.3 Å². The van der Waals surface area contributed by atoms with E-state index < -0.39 is 10.7 Å². The maximum atomic E-state index is 13.5. The molecule has 20 heavy (non-hydrogen) atoms. The molecule has 1 aliphatic carbocycles. The standard InChI is InChI=1S/C12H10BrFN4O2/c13-6-11-15-16-12(17(11)9-1-2-9)7-3-8(14)5-10(4-7)18(19)20/h3-5,9H,1-2,6H2. The van der Waals surface area contributed by atoms with Crippen molar-refractivity contribution in [2.24, 2.45) is 0 Å². The minimum atomic E-state index is -0.653. The Labute approximate surface area is 121 Å². The zero-order chi connectivity index (χ0) is 14.3. The van der Waals surface area contributed by atoms with Crippen molar-refractivity contribution < 1.29 is 9.31 Å². The molecule has 0 spiro atoms. The molecule has 1 saturated carbocycles. The molecule has 1 aromatic heterocycles. The van der Waals surface area contributed by atoms with Crippen LogP contribution >= 0.6 is 15.9 Å². The molecule has 0 amide bonds. The van der Waals surface area contributed by atoms with Crippen LogP contribution in [0.2, 0.25) is 0 Å². The van der Waals surface area contributed by atoms with E-state index in [9.17, 15) is 14.5 Å². The lowest BCUT2D eigenvalue weighted by Crippen LogP contribution is -2.02. The van der Waals surface area contributed by atoms with Crippen LogP contribution < -0.4 is 0 Å². The molecule has 0 atom stereocenters. The summed E-state index contributed by atoms with van der Waals surface area (Å²) in [5.41, 5.74) is 0.0917. The van der Waals surface area contributed by atoms with Crippen LogP contribution in [0.25, 0.3) is 11.4 Å². The Morgan fingerprint density at radius 1 is 1.40 bits per heavy atom. The highest BCUT2D eigenvalue weighted by molar-refractivity contribution is 9.08. The van der Waals surface area contributed by atoms with Crippen LogP contribution in [0.1, 0.15) is 24.7 Å². The first-order valence-corrected chi connectivity index (χ1v) is 7.17. The molecule has 104 valence electrons. The number of non-ortho nitro benzene ring substituents is 1. The highest BCUT2D eigenvalue weighted by Crippen LogP contribution is 2.39. The average molecular weight is 341 g/mol. The van der Waals surface area contributed by atoms with E-state index in [-0.39, 0.29) is 5.69 Å². The van der Waals surface area contributed by atoms with Crippen LogP contribution in [0.3, 0.4) is 0 Å². The number of nitro groups is 1. The average Bonchev–Trinajstić information content (AvgIpc) is 3.16. The van der Waals surface area contributed by atoms with Crippen molar-refractivity contribution in [1.82, 2.24) is 14.8 Å². The summed E-state index contributed by atoms with van der Waals surface area (Å²) < 4.78 is 15.5. The molecule has 0 unspecified atom stereocenters. The molecule has 0 N–H and O–H groups in total. The van der Waals surface area contributed by atoms with E-state index in [1.54, 1.807) is 0 Å². The number of rotatable bonds is 4. The molecular formula is C12H10BrFN4O2. The number of aromatic nitrogens is 3. The lowest BCUT2D eigenvalue weighted by atomic mass is 10.2. The number of hydrogen-bond acceptors (Lipinski definition) is 4. The van der Waals surface area contributed by atoms with E-state index in [2.05, 4.69) is 26.1 Å². The number of benzene rings is 1. The molecule has 1 aliphatic rings. The van der Waals surface area contributed by atoms with Crippen LogP contribution in [0, 0.1) is 15.9 Å². The lowest BCUT2D eigenvalue weighted by Gasteiger charge is -2.07. The highest BCUT2D eigenvalue weighted by atomic mass is 79.9. The number of nitro benzene ring substituents is 1. The maximum absolute atomic E-state index is 13.5. The van der Waals surface area contributed by atoms with Crippen LogP contribution in [0.4, 0.5) is 10.1 Å². The molecule has 1 heterocycles. The second-order valence-electron chi connectivity index (χ2n) is 4.63. The van der Waals surface area contributed by atoms with Crippen molar-refractivity contribution in [3.63, 3.8) is 0 Å². The third-order valence-corrected chi connectivity index (χ3v) is 3.65. The fourth-order valence-corrected chi connectivity index (χ4v) is 2.52. The monoisotopic (exact) mass is 340 g/mol. The van der Waals surface area contributed by atoms with Gasteiger partial charge in [-0.3, -0.25) is 10.1 Å². The van der Waals surface area contributed by atoms with Gasteiger partial charge in [-0.05, 0) is 18.9 Å². The van der Waals surface area contributed by atoms with E-state index in [1.165, 1.54) is 12.1 Å². The highest BCUT2D eigenvalue weighted by Gasteiger charge is 2.30. The zero-order valence-corrected chi connectivity index (χ0v) is 11.9. The van der Waals surface area contributed by atoms with Crippen molar-refractivity contribution in [1.29, 1.82) is 0 Å². The SMILES string of the molecule is O=[N+]([O-])c1cc(F)cc(-c2nnc(CBr)n2C2CC2)c1. The van der Waals surface area contributed by atoms with Crippen LogP contribution in [0.5, 0.6) is 0 Å². The third kappa shape index (κ3) is 2.31. The van der Waals surface area contributed by atoms with Gasteiger partial charge in [0.2, 0.25) is 0 Å². The predicted molar refractivity (Wildman–Crippen MR) is 73.0 cm³/mol. The number of alkyl halides is 1. The van der Waals surface area contributed by atoms with Crippen molar-refractivity contribution >= 4 is 21.6 Å². The molecule has 3 rings (SSSR count). The van der Waals surface area contributed by atoms with Crippen LogP contribution in [0.15, 0.2) is 18.2 Å². The zero-order valence-electron chi connectivity index (χ0n) is 10.3. The first kappa shape index (κ1) is 13.2. The summed E-state index contributed by atoms with van der Waals surface area (Å²) in [6, 6.07) is 3.76. The van der Waals surface area contributed by atoms with E-state index in [4.69, 9.17) is 0 Å². The first-order chi connectivity index (χ1) is 9.60. The summed E-state index contributed by atoms with van der Waals surface area (Å²) in [5.74, 6) is 0.568. The van der Waals surface area contributed by atoms with E-state index in [0.29, 0.717) is 22.8 Å². The van der Waals surface area contributed by atoms with Gasteiger partial charge >= 0.3 is 0 Å². The Hall–Kier alpha value is -1.83. The Morgan fingerprint density at radius 3 is 2.75 bits per heavy atom. The second kappa shape index (κ2) is 4.93. The molecule has 2 aromatic rings. The Kier molecular flexibility index (Phi) is 3.25. The van der Waals surface area contributed by atoms with Gasteiger partial charge in [0.25, 0.3) is 5.69 Å². The molecule has 0 aliphatic heterocycles. The van der Waals surface area contributed by atoms with Crippen molar-refractivity contribution in [3.05, 3.63) is 40.0 Å². The number of nitrogens with zero attached hydrogens (tertiary/aromatic N) is 4. The van der Waals surface area contributed by atoms with Gasteiger partial charge in [-0.1, -0.05) is 15.9 Å². The molecule has 8 heteroatoms. The van der Waals surface area contributed by atoms with Gasteiger partial charge in [-0.25, -0.2) is 4.39 Å². The van der Waals surface area contributed by atoms with Crippen LogP contribution in [-0.2, 0) is 5.33 Å². The van der Waals surface area contributed by atoms with Gasteiger partial charge < -0.3 is 4.57 Å². The fourth-order valence-electron chi connectivity index (χ4n) is 2.14. The van der Waals surface area contributed by atoms with Crippen molar-refractivity contribution in [2.45, 2.75) is 24.2 Å². The topological polar surface area (TPSA) is 73.8 Å². The summed E-state index contributed by atoms with van der Waals surface area (Å²) >= 11 is 3.34. The molecule has 0 bridgehead atoms. The molecule has 0 saturated heterocycles. The summed E-state index contributed by atoms with van der Waals surface area (Å²) in [7, 11) is 0. The van der Waals surface area contributed by atoms with E-state index >= 15 is 0 Å². The minimum Gasteiger partial charge on any atom is -0.307 e. The Balaban J connectivity index is 2.13. The van der Waals surface area contributed by atoms with Gasteiger partial charge in [0.15, 0.2) is 5.82 Å². The Bertz CT molecular complexity index is 684. The molecule has 1 aromatic carbocycles. The van der Waals surface area contributed by atoms with Gasteiger partial charge in [-0.2, -0.15) is 0 Å². The van der Waals surface area contributed by atoms with Crippen LogP contribution in [-0.4, -0.2) is 19.7 Å². The minimum absolute atomic E-state index is 0.286. The molecule has 0 radical (unpaired) electrons. The first-order valence-electron chi connectivity index (χ1n) is 6.05. The predicted octanol–water partition coefficient (Wildman–Crippen LogP) is 3.22. The molecular weight excluding hydrogens is 331 g/mol. The van der Waals surface area contributed by atoms with E-state index in [0.717, 1.165) is 24.7 Å². The summed E-state index contributed by atoms with van der Waals surface area (Å²) in [5, 5.41) is 19.5. The van der Waals surface area contributed by atoms with E-state index in [1.807, 2.05) is 4.57 Å². The quantitative estimate of drug-likeness (QED) is 0.486. The van der Waals surface area contributed by atoms with Crippen molar-refractivity contribution in [3.8, 4) is 11.4 Å². The summed E-state index contributed by atoms with van der Waals surface area (Å²) in [6.45, 7) is 0.